The zero-order chi connectivity index (χ0) is 19.7. The number of anilines is 2. The number of sulfone groups is 1. The molecule has 0 radical (unpaired) electrons. The van der Waals surface area contributed by atoms with Crippen LogP contribution in [0.5, 0.6) is 0 Å². The molecule has 8 nitrogen and oxygen atoms in total. The van der Waals surface area contributed by atoms with Crippen LogP contribution in [0.4, 0.5) is 11.6 Å². The van der Waals surface area contributed by atoms with Crippen LogP contribution < -0.4 is 5.32 Å². The first-order chi connectivity index (χ1) is 13.4. The molecule has 1 N–H and O–H groups in total. The van der Waals surface area contributed by atoms with Crippen molar-refractivity contribution in [2.45, 2.75) is 4.90 Å². The van der Waals surface area contributed by atoms with Gasteiger partial charge in [-0.05, 0) is 48.5 Å². The number of hydrogen-bond acceptors (Lipinski definition) is 7. The van der Waals surface area contributed by atoms with Gasteiger partial charge in [0, 0.05) is 18.1 Å². The summed E-state index contributed by atoms with van der Waals surface area (Å²) in [5.74, 6) is 0.356. The van der Waals surface area contributed by atoms with Gasteiger partial charge in [0.15, 0.2) is 15.5 Å². The van der Waals surface area contributed by atoms with Crippen LogP contribution in [0.3, 0.4) is 0 Å². The number of nitrogens with one attached hydrogen (secondary N) is 1. The Balaban J connectivity index is 1.66. The number of rotatable bonds is 4. The van der Waals surface area contributed by atoms with Crippen molar-refractivity contribution in [3.8, 4) is 11.8 Å². The van der Waals surface area contributed by atoms with Crippen LogP contribution in [0.1, 0.15) is 5.56 Å². The van der Waals surface area contributed by atoms with Crippen molar-refractivity contribution in [3.63, 3.8) is 0 Å². The highest BCUT2D eigenvalue weighted by Crippen LogP contribution is 2.20. The zero-order valence-corrected chi connectivity index (χ0v) is 15.6. The molecule has 2 aromatic heterocycles. The Hall–Kier alpha value is -3.77. The fourth-order valence-corrected chi connectivity index (χ4v) is 3.29. The SMILES string of the molecule is CS(=O)(=O)c1ccc(Nc2ncc3cnn(-c4ccc(C#N)cc4)c3n2)cc1. The predicted molar refractivity (Wildman–Crippen MR) is 104 cm³/mol. The van der Waals surface area contributed by atoms with Crippen molar-refractivity contribution >= 4 is 32.5 Å². The van der Waals surface area contributed by atoms with Gasteiger partial charge >= 0.3 is 0 Å². The summed E-state index contributed by atoms with van der Waals surface area (Å²) in [4.78, 5) is 9.03. The van der Waals surface area contributed by atoms with E-state index in [1.54, 1.807) is 53.5 Å². The summed E-state index contributed by atoms with van der Waals surface area (Å²) < 4.78 is 24.8. The number of aromatic nitrogens is 4. The van der Waals surface area contributed by atoms with Crippen LogP contribution in [0, 0.1) is 11.3 Å². The molecule has 138 valence electrons. The van der Waals surface area contributed by atoms with Gasteiger partial charge < -0.3 is 5.32 Å². The Kier molecular flexibility index (Phi) is 4.25. The van der Waals surface area contributed by atoms with E-state index in [9.17, 15) is 8.42 Å². The second-order valence-electron chi connectivity index (χ2n) is 6.11. The lowest BCUT2D eigenvalue weighted by atomic mass is 10.2. The van der Waals surface area contributed by atoms with E-state index in [1.165, 1.54) is 12.1 Å². The zero-order valence-electron chi connectivity index (χ0n) is 14.7. The lowest BCUT2D eigenvalue weighted by Crippen LogP contribution is -2.02. The third-order valence-electron chi connectivity index (χ3n) is 4.09. The number of hydrogen-bond donors (Lipinski definition) is 1. The molecule has 0 aliphatic carbocycles. The second-order valence-corrected chi connectivity index (χ2v) is 8.12. The van der Waals surface area contributed by atoms with E-state index < -0.39 is 9.84 Å². The van der Waals surface area contributed by atoms with Crippen LogP contribution in [-0.4, -0.2) is 34.4 Å². The molecule has 2 aromatic carbocycles. The van der Waals surface area contributed by atoms with E-state index in [0.29, 0.717) is 22.8 Å². The molecule has 9 heteroatoms. The van der Waals surface area contributed by atoms with Gasteiger partial charge in [-0.2, -0.15) is 15.3 Å². The average Bonchev–Trinajstić information content (AvgIpc) is 3.11. The summed E-state index contributed by atoms with van der Waals surface area (Å²) in [5.41, 5.74) is 2.61. The summed E-state index contributed by atoms with van der Waals surface area (Å²) in [6.07, 6.45) is 4.48. The summed E-state index contributed by atoms with van der Waals surface area (Å²) in [5, 5.41) is 17.1. The molecule has 0 bridgehead atoms. The van der Waals surface area contributed by atoms with Crippen LogP contribution in [-0.2, 0) is 9.84 Å². The van der Waals surface area contributed by atoms with Crippen molar-refractivity contribution in [3.05, 3.63) is 66.5 Å². The monoisotopic (exact) mass is 390 g/mol. The predicted octanol–water partition coefficient (Wildman–Crippen LogP) is 2.83. The Morgan fingerprint density at radius 2 is 1.75 bits per heavy atom. The van der Waals surface area contributed by atoms with Crippen LogP contribution >= 0.6 is 0 Å². The van der Waals surface area contributed by atoms with Gasteiger partial charge in [0.25, 0.3) is 0 Å². The highest BCUT2D eigenvalue weighted by atomic mass is 32.2. The standard InChI is InChI=1S/C19H14N6O2S/c1-28(26,27)17-8-4-15(5-9-17)23-19-21-11-14-12-22-25(18(14)24-19)16-6-2-13(10-20)3-7-16/h2-9,11-12H,1H3,(H,21,23,24). The van der Waals surface area contributed by atoms with Gasteiger partial charge in [0.1, 0.15) is 0 Å². The topological polar surface area (TPSA) is 114 Å². The summed E-state index contributed by atoms with van der Waals surface area (Å²) in [7, 11) is -3.25. The first kappa shape index (κ1) is 17.6. The molecule has 28 heavy (non-hydrogen) atoms. The largest absolute Gasteiger partial charge is 0.324 e. The normalized spacial score (nSPS) is 11.3. The number of nitrogens with zero attached hydrogens (tertiary/aromatic N) is 5. The molecule has 0 amide bonds. The molecule has 0 unspecified atom stereocenters. The molecular weight excluding hydrogens is 376 g/mol. The van der Waals surface area contributed by atoms with Gasteiger partial charge in [-0.25, -0.2) is 18.1 Å². The van der Waals surface area contributed by atoms with Crippen LogP contribution in [0.15, 0.2) is 65.8 Å². The minimum absolute atomic E-state index is 0.244. The van der Waals surface area contributed by atoms with Gasteiger partial charge in [-0.3, -0.25) is 0 Å². The van der Waals surface area contributed by atoms with Gasteiger partial charge in [-0.1, -0.05) is 0 Å². The quantitative estimate of drug-likeness (QED) is 0.570. The first-order valence-corrected chi connectivity index (χ1v) is 10.1. The fourth-order valence-electron chi connectivity index (χ4n) is 2.66. The van der Waals surface area contributed by atoms with Crippen molar-refractivity contribution in [2.75, 3.05) is 11.6 Å². The number of benzene rings is 2. The molecule has 0 spiro atoms. The highest BCUT2D eigenvalue weighted by molar-refractivity contribution is 7.90. The molecular formula is C19H14N6O2S. The summed E-state index contributed by atoms with van der Waals surface area (Å²) >= 11 is 0. The molecule has 0 aliphatic rings. The first-order valence-electron chi connectivity index (χ1n) is 8.22. The minimum Gasteiger partial charge on any atom is -0.324 e. The fraction of sp³-hybridized carbons (Fsp3) is 0.0526. The van der Waals surface area contributed by atoms with Crippen LogP contribution in [0.2, 0.25) is 0 Å². The van der Waals surface area contributed by atoms with Crippen LogP contribution in [0.25, 0.3) is 16.7 Å². The van der Waals surface area contributed by atoms with E-state index in [0.717, 1.165) is 17.3 Å². The summed E-state index contributed by atoms with van der Waals surface area (Å²) in [6, 6.07) is 15.5. The smallest absolute Gasteiger partial charge is 0.229 e. The Labute approximate surface area is 161 Å². The maximum atomic E-state index is 11.6. The van der Waals surface area contributed by atoms with Gasteiger partial charge in [0.2, 0.25) is 5.95 Å². The minimum atomic E-state index is -3.25. The van der Waals surface area contributed by atoms with E-state index in [1.807, 2.05) is 0 Å². The summed E-state index contributed by atoms with van der Waals surface area (Å²) in [6.45, 7) is 0. The van der Waals surface area contributed by atoms with E-state index in [-0.39, 0.29) is 4.90 Å². The lowest BCUT2D eigenvalue weighted by Gasteiger charge is -2.07. The molecule has 0 saturated heterocycles. The third-order valence-corrected chi connectivity index (χ3v) is 5.22. The molecule has 4 aromatic rings. The Bertz CT molecular complexity index is 1300. The Morgan fingerprint density at radius 3 is 2.39 bits per heavy atom. The number of nitriles is 1. The third kappa shape index (κ3) is 3.41. The van der Waals surface area contributed by atoms with Crippen molar-refractivity contribution in [1.82, 2.24) is 19.7 Å². The maximum Gasteiger partial charge on any atom is 0.229 e. The maximum absolute atomic E-state index is 11.6. The molecule has 0 fully saturated rings. The molecule has 4 rings (SSSR count). The van der Waals surface area contributed by atoms with Crippen molar-refractivity contribution in [1.29, 1.82) is 5.26 Å². The highest BCUT2D eigenvalue weighted by Gasteiger charge is 2.10. The van der Waals surface area contributed by atoms with E-state index in [4.69, 9.17) is 5.26 Å². The molecule has 2 heterocycles. The van der Waals surface area contributed by atoms with Gasteiger partial charge in [-0.15, -0.1) is 0 Å². The average molecular weight is 390 g/mol. The van der Waals surface area contributed by atoms with Gasteiger partial charge in [0.05, 0.1) is 33.8 Å². The van der Waals surface area contributed by atoms with E-state index >= 15 is 0 Å². The van der Waals surface area contributed by atoms with E-state index in [2.05, 4.69) is 26.5 Å². The Morgan fingerprint density at radius 1 is 1.04 bits per heavy atom. The molecule has 0 saturated carbocycles. The molecule has 0 aliphatic heterocycles. The lowest BCUT2D eigenvalue weighted by molar-refractivity contribution is 0.602. The second kappa shape index (κ2) is 6.75. The number of fused-ring (bicyclic) bond motifs is 1. The van der Waals surface area contributed by atoms with Crippen molar-refractivity contribution in [2.24, 2.45) is 0 Å². The molecule has 0 atom stereocenters. The van der Waals surface area contributed by atoms with Crippen molar-refractivity contribution < 1.29 is 8.42 Å².